The van der Waals surface area contributed by atoms with E-state index in [1.165, 1.54) is 23.7 Å². The van der Waals surface area contributed by atoms with E-state index in [0.29, 0.717) is 48.4 Å². The number of primary amides is 1. The van der Waals surface area contributed by atoms with Gasteiger partial charge in [0.15, 0.2) is 11.4 Å². The lowest BCUT2D eigenvalue weighted by Crippen LogP contribution is -2.39. The molecule has 1 aliphatic heterocycles. The molecule has 5 heterocycles. The number of ketones is 1. The molecular formula is C51H75N9O13. The van der Waals surface area contributed by atoms with Gasteiger partial charge in [0, 0.05) is 84.7 Å². The second-order valence-electron chi connectivity index (χ2n) is 19.3. The fourth-order valence-electron chi connectivity index (χ4n) is 9.61. The van der Waals surface area contributed by atoms with Crippen molar-refractivity contribution in [2.75, 3.05) is 35.5 Å². The number of carbonyl (C=O) groups excluding carboxylic acids is 4. The van der Waals surface area contributed by atoms with Crippen molar-refractivity contribution in [1.82, 2.24) is 34.8 Å². The van der Waals surface area contributed by atoms with Crippen LogP contribution in [0.25, 0.3) is 29.2 Å². The smallest absolute Gasteiger partial charge is 0.404 e. The van der Waals surface area contributed by atoms with Crippen LogP contribution in [0.5, 0.6) is 0 Å². The maximum absolute atomic E-state index is 14.2. The first-order chi connectivity index (χ1) is 34.9. The van der Waals surface area contributed by atoms with Crippen LogP contribution in [0.1, 0.15) is 116 Å². The lowest BCUT2D eigenvalue weighted by Gasteiger charge is -2.34. The Balaban J connectivity index is 1.44. The molecule has 0 fully saturated rings. The topological polar surface area (TPSA) is 288 Å². The number of esters is 1. The Morgan fingerprint density at radius 2 is 1.66 bits per heavy atom. The van der Waals surface area contributed by atoms with Crippen molar-refractivity contribution in [3.8, 4) is 23.2 Å². The summed E-state index contributed by atoms with van der Waals surface area (Å²) in [5.74, 6) is -1.61. The van der Waals surface area contributed by atoms with Gasteiger partial charge < -0.3 is 58.0 Å². The molecule has 4 aromatic rings. The van der Waals surface area contributed by atoms with Crippen LogP contribution in [0.15, 0.2) is 56.6 Å². The molecule has 0 radical (unpaired) electrons. The van der Waals surface area contributed by atoms with E-state index >= 15 is 0 Å². The molecule has 5 rings (SSSR count). The molecule has 2 unspecified atom stereocenters. The van der Waals surface area contributed by atoms with E-state index in [0.717, 1.165) is 0 Å². The zero-order valence-corrected chi connectivity index (χ0v) is 44.0. The van der Waals surface area contributed by atoms with Crippen LogP contribution in [0.3, 0.4) is 0 Å². The molecule has 0 spiro atoms. The molecule has 1 aliphatic rings. The van der Waals surface area contributed by atoms with Crippen molar-refractivity contribution in [3.05, 3.63) is 60.6 Å². The van der Waals surface area contributed by atoms with Crippen molar-refractivity contribution >= 4 is 30.3 Å². The molecule has 0 aromatic carbocycles. The minimum atomic E-state index is -1.04. The van der Waals surface area contributed by atoms with Crippen LogP contribution >= 0.6 is 0 Å². The Bertz CT molecular complexity index is 2410. The van der Waals surface area contributed by atoms with Crippen LogP contribution in [0.2, 0.25) is 0 Å². The Labute approximate surface area is 426 Å². The predicted molar refractivity (Wildman–Crippen MR) is 265 cm³/mol. The number of amides is 2. The summed E-state index contributed by atoms with van der Waals surface area (Å²) < 4.78 is 55.1. The number of rotatable bonds is 19. The van der Waals surface area contributed by atoms with Gasteiger partial charge in [-0.05, 0) is 43.6 Å². The first-order valence-corrected chi connectivity index (χ1v) is 24.7. The van der Waals surface area contributed by atoms with Gasteiger partial charge in [0.05, 0.1) is 42.7 Å². The maximum Gasteiger partial charge on any atom is 0.404 e. The number of cyclic esters (lactones) is 1. The van der Waals surface area contributed by atoms with Gasteiger partial charge in [-0.1, -0.05) is 58.9 Å². The van der Waals surface area contributed by atoms with Gasteiger partial charge in [-0.2, -0.15) is 0 Å². The summed E-state index contributed by atoms with van der Waals surface area (Å²) in [6.07, 6.45) is 10.9. The molecule has 402 valence electrons. The van der Waals surface area contributed by atoms with E-state index in [1.54, 1.807) is 58.6 Å². The summed E-state index contributed by atoms with van der Waals surface area (Å²) >= 11 is 0. The quantitative estimate of drug-likeness (QED) is 0.0697. The van der Waals surface area contributed by atoms with E-state index < -0.39 is 60.5 Å². The number of Topliss-reactive ketones (excluding diaryl/α,β-unsaturated/α-hetero) is 1. The number of fused-ring (bicyclic) bond motifs is 8. The third-order valence-corrected chi connectivity index (χ3v) is 13.9. The highest BCUT2D eigenvalue weighted by Crippen LogP contribution is 2.39. The van der Waals surface area contributed by atoms with Gasteiger partial charge in [0.1, 0.15) is 48.6 Å². The number of aromatic nitrogens is 6. The van der Waals surface area contributed by atoms with Crippen LogP contribution in [-0.2, 0) is 49.3 Å². The number of carbonyl (C=O) groups is 4. The highest BCUT2D eigenvalue weighted by atomic mass is 16.6. The number of hydrogen-bond donors (Lipinski definition) is 2. The number of nitrogens with zero attached hydrogens (tertiary/aromatic N) is 7. The Morgan fingerprint density at radius 3 is 2.32 bits per heavy atom. The summed E-state index contributed by atoms with van der Waals surface area (Å²) in [5, 5.41) is 8.69. The number of nitrogens with two attached hydrogens (primary N) is 2. The molecule has 0 aliphatic carbocycles. The SMILES string of the molecule is COC1c2coc(n2)-c2coc(n2)-c2coc(n2)/C=C/C[C@H](OC)[C@@H](C)[C@H](C[C@H](OC)[C@@H](C)CCC(=O)[C@H](C)[C@@H](OC)[C@H](C)/C=C/N(C)C=O)OC(=O)C[C@@H](OC(N)=O)C[C@H](C)CC(n2cc(CN)nn2)[C@@H]1C. The monoisotopic (exact) mass is 1020 g/mol. The second-order valence-corrected chi connectivity index (χ2v) is 19.3. The summed E-state index contributed by atoms with van der Waals surface area (Å²) in [6, 6.07) is -0.372. The van der Waals surface area contributed by atoms with Crippen molar-refractivity contribution in [3.63, 3.8) is 0 Å². The van der Waals surface area contributed by atoms with Crippen LogP contribution in [-0.4, -0.2) is 125 Å². The Kier molecular flexibility index (Phi) is 22.0. The van der Waals surface area contributed by atoms with Crippen LogP contribution in [0, 0.1) is 35.5 Å². The largest absolute Gasteiger partial charge is 0.462 e. The van der Waals surface area contributed by atoms with Gasteiger partial charge >= 0.3 is 12.1 Å². The molecule has 22 nitrogen and oxygen atoms in total. The zero-order valence-electron chi connectivity index (χ0n) is 44.0. The van der Waals surface area contributed by atoms with E-state index in [-0.39, 0.29) is 85.4 Å². The molecule has 0 saturated heterocycles. The number of oxazole rings is 3. The molecule has 73 heavy (non-hydrogen) atoms. The number of hydrogen-bond acceptors (Lipinski definition) is 19. The Morgan fingerprint density at radius 1 is 0.945 bits per heavy atom. The molecule has 4 N–H and O–H groups in total. The van der Waals surface area contributed by atoms with Gasteiger partial charge in [-0.15, -0.1) is 5.10 Å². The van der Waals surface area contributed by atoms with Gasteiger partial charge in [-0.3, -0.25) is 14.4 Å². The molecule has 13 atom stereocenters. The van der Waals surface area contributed by atoms with Gasteiger partial charge in [-0.25, -0.2) is 24.4 Å². The van der Waals surface area contributed by atoms with Crippen molar-refractivity contribution in [1.29, 1.82) is 0 Å². The van der Waals surface area contributed by atoms with Crippen LogP contribution in [0.4, 0.5) is 4.79 Å². The third-order valence-electron chi connectivity index (χ3n) is 13.9. The van der Waals surface area contributed by atoms with E-state index in [9.17, 15) is 19.2 Å². The lowest BCUT2D eigenvalue weighted by atomic mass is 9.84. The fourth-order valence-corrected chi connectivity index (χ4v) is 9.61. The van der Waals surface area contributed by atoms with Crippen LogP contribution < -0.4 is 11.5 Å². The predicted octanol–water partition coefficient (Wildman–Crippen LogP) is 7.13. The first kappa shape index (κ1) is 57.8. The third kappa shape index (κ3) is 16.0. The molecule has 22 heteroatoms. The molecule has 6 bridgehead atoms. The highest BCUT2D eigenvalue weighted by Gasteiger charge is 2.37. The normalized spacial score (nSPS) is 25.1. The average Bonchev–Trinajstić information content (AvgIpc) is 4.22. The summed E-state index contributed by atoms with van der Waals surface area (Å²) in [6.45, 7) is 11.8. The highest BCUT2D eigenvalue weighted by molar-refractivity contribution is 5.81. The standard InChI is InChI=1S/C51H75N9O13/c1-29-19-36(72-51(53)64)21-46(63)73-44(22-43(66-9)30(2)15-16-41(62)33(5)47(67-10)31(3)17-18-59(7)28-61)34(6)42(65-8)13-12-14-45-54-38(26-69-45)49-56-39(27-71-49)50-55-37(25-70-50)48(68-11)32(4)40(20-29)60-24-35(23-52)57-58-60/h12,14,17-18,24-34,36,40,42-44,47-48H,13,15-16,19-23,52H2,1-11H3,(H2,53,64)/b14-12+,18-17+/t29-,30-,31+,32-,33-,34+,36-,40?,42-,43-,44-,47-,48?/m0/s1. The number of methoxy groups -OCH3 is 4. The average molecular weight is 1020 g/mol. The molecule has 4 aromatic heterocycles. The summed E-state index contributed by atoms with van der Waals surface area (Å²) in [4.78, 5) is 66.7. The molecule has 2 amide bonds. The minimum Gasteiger partial charge on any atom is -0.462 e. The van der Waals surface area contributed by atoms with E-state index in [1.807, 2.05) is 53.7 Å². The molecule has 0 saturated carbocycles. The van der Waals surface area contributed by atoms with E-state index in [2.05, 4.69) is 20.3 Å². The van der Waals surface area contributed by atoms with Crippen molar-refractivity contribution in [2.24, 2.45) is 47.0 Å². The Hall–Kier alpha value is -6.07. The minimum absolute atomic E-state index is 0.0197. The molecular weight excluding hydrogens is 947 g/mol. The van der Waals surface area contributed by atoms with Gasteiger partial charge in [0.2, 0.25) is 24.1 Å². The van der Waals surface area contributed by atoms with Crippen molar-refractivity contribution < 1.29 is 60.9 Å². The second kappa shape index (κ2) is 27.8. The first-order valence-electron chi connectivity index (χ1n) is 24.7. The summed E-state index contributed by atoms with van der Waals surface area (Å²) in [5.41, 5.74) is 13.3. The number of ether oxygens (including phenoxy) is 6. The van der Waals surface area contributed by atoms with E-state index in [4.69, 9.17) is 58.1 Å². The fraction of sp³-hybridized carbons (Fsp3) is 0.627. The lowest BCUT2D eigenvalue weighted by molar-refractivity contribution is -0.160. The summed E-state index contributed by atoms with van der Waals surface area (Å²) in [7, 11) is 7.95. The maximum atomic E-state index is 14.2. The zero-order chi connectivity index (χ0) is 53.4. The van der Waals surface area contributed by atoms with Gasteiger partial charge in [0.25, 0.3) is 0 Å². The van der Waals surface area contributed by atoms with Crippen molar-refractivity contribution in [2.45, 2.75) is 136 Å².